The Kier molecular flexibility index (Phi) is 8.70. The van der Waals surface area contributed by atoms with Gasteiger partial charge >= 0.3 is 11.9 Å². The molecule has 0 unspecified atom stereocenters. The number of carbonyl (C=O) groups is 2. The van der Waals surface area contributed by atoms with Crippen LogP contribution in [0.1, 0.15) is 6.42 Å². The van der Waals surface area contributed by atoms with Crippen molar-refractivity contribution < 1.29 is 28.5 Å². The minimum absolute atomic E-state index is 0.0620. The van der Waals surface area contributed by atoms with Gasteiger partial charge in [-0.25, -0.2) is 9.59 Å². The van der Waals surface area contributed by atoms with Crippen LogP contribution in [-0.4, -0.2) is 52.6 Å². The third kappa shape index (κ3) is 9.17. The van der Waals surface area contributed by atoms with Gasteiger partial charge in [-0.3, -0.25) is 0 Å². The van der Waals surface area contributed by atoms with Gasteiger partial charge in [0.25, 0.3) is 0 Å². The van der Waals surface area contributed by atoms with E-state index in [2.05, 4.69) is 9.47 Å². The molecule has 0 aromatic heterocycles. The summed E-state index contributed by atoms with van der Waals surface area (Å²) in [7, 11) is 2.59. The topological polar surface area (TPSA) is 71.1 Å². The fourth-order valence-corrected chi connectivity index (χ4v) is 0.692. The Bertz CT molecular complexity index is 171. The first kappa shape index (κ1) is 13.9. The Hall–Kier alpha value is -1.14. The van der Waals surface area contributed by atoms with Gasteiger partial charge in [-0.2, -0.15) is 0 Å². The van der Waals surface area contributed by atoms with E-state index >= 15 is 0 Å². The zero-order valence-electron chi connectivity index (χ0n) is 8.99. The van der Waals surface area contributed by atoms with Crippen molar-refractivity contribution in [3.8, 4) is 0 Å². The first-order valence-corrected chi connectivity index (χ1v) is 4.49. The molecule has 0 aromatic rings. The molecule has 88 valence electrons. The Balaban J connectivity index is 3.11. The molecule has 0 aromatic carbocycles. The summed E-state index contributed by atoms with van der Waals surface area (Å²) >= 11 is 0. The zero-order chi connectivity index (χ0) is 11.5. The second kappa shape index (κ2) is 9.42. The Labute approximate surface area is 88.4 Å². The average Bonchev–Trinajstić information content (AvgIpc) is 2.26. The van der Waals surface area contributed by atoms with Gasteiger partial charge < -0.3 is 18.9 Å². The molecule has 15 heavy (non-hydrogen) atoms. The molecule has 0 bridgehead atoms. The van der Waals surface area contributed by atoms with Crippen molar-refractivity contribution in [3.63, 3.8) is 0 Å². The predicted molar refractivity (Wildman–Crippen MR) is 50.3 cm³/mol. The summed E-state index contributed by atoms with van der Waals surface area (Å²) in [4.78, 5) is 21.2. The number of carbonyl (C=O) groups excluding carboxylic acids is 2. The van der Waals surface area contributed by atoms with E-state index in [9.17, 15) is 9.59 Å². The first-order valence-electron chi connectivity index (χ1n) is 4.49. The molecule has 0 aliphatic heterocycles. The van der Waals surface area contributed by atoms with Crippen molar-refractivity contribution in [2.24, 2.45) is 0 Å². The van der Waals surface area contributed by atoms with Gasteiger partial charge in [0.15, 0.2) is 0 Å². The summed E-state index contributed by atoms with van der Waals surface area (Å²) in [6.07, 6.45) is 0.605. The smallest absolute Gasteiger partial charge is 0.331 e. The van der Waals surface area contributed by atoms with Crippen LogP contribution in [0.3, 0.4) is 0 Å². The lowest BCUT2D eigenvalue weighted by molar-refractivity contribution is -0.146. The highest BCUT2D eigenvalue weighted by molar-refractivity contribution is 5.70. The standard InChI is InChI=1S/C9H16O6/c1-12-8(10)6-14-4-3-5-15-7-9(11)13-2/h3-7H2,1-2H3. The SMILES string of the molecule is COC(=O)COCCCOCC(=O)OC. The van der Waals surface area contributed by atoms with Crippen LogP contribution in [0.2, 0.25) is 0 Å². The van der Waals surface area contributed by atoms with Gasteiger partial charge in [-0.1, -0.05) is 0 Å². The van der Waals surface area contributed by atoms with Crippen LogP contribution in [0.4, 0.5) is 0 Å². The van der Waals surface area contributed by atoms with Gasteiger partial charge in [-0.15, -0.1) is 0 Å². The molecule has 0 spiro atoms. The fraction of sp³-hybridized carbons (Fsp3) is 0.778. The number of methoxy groups -OCH3 is 2. The lowest BCUT2D eigenvalue weighted by atomic mass is 10.5. The normalized spacial score (nSPS) is 9.73. The molecule has 0 aliphatic carbocycles. The van der Waals surface area contributed by atoms with Crippen molar-refractivity contribution in [1.29, 1.82) is 0 Å². The van der Waals surface area contributed by atoms with Crippen LogP contribution in [0.5, 0.6) is 0 Å². The monoisotopic (exact) mass is 220 g/mol. The van der Waals surface area contributed by atoms with Crippen LogP contribution in [0, 0.1) is 0 Å². The summed E-state index contributed by atoms with van der Waals surface area (Å²) < 4.78 is 18.6. The lowest BCUT2D eigenvalue weighted by Gasteiger charge is -2.03. The van der Waals surface area contributed by atoms with Gasteiger partial charge in [0.05, 0.1) is 14.2 Å². The Morgan fingerprint density at radius 2 is 1.27 bits per heavy atom. The second-order valence-corrected chi connectivity index (χ2v) is 2.61. The summed E-state index contributed by atoms with van der Waals surface area (Å²) in [5.41, 5.74) is 0. The van der Waals surface area contributed by atoms with E-state index in [1.807, 2.05) is 0 Å². The molecule has 0 aliphatic rings. The van der Waals surface area contributed by atoms with Crippen LogP contribution < -0.4 is 0 Å². The van der Waals surface area contributed by atoms with E-state index in [-0.39, 0.29) is 13.2 Å². The summed E-state index contributed by atoms with van der Waals surface area (Å²) in [6, 6.07) is 0. The molecule has 0 rings (SSSR count). The third-order valence-electron chi connectivity index (χ3n) is 1.47. The van der Waals surface area contributed by atoms with E-state index in [0.717, 1.165) is 0 Å². The summed E-state index contributed by atoms with van der Waals surface area (Å²) in [6.45, 7) is 0.646. The van der Waals surface area contributed by atoms with Crippen molar-refractivity contribution in [3.05, 3.63) is 0 Å². The number of ether oxygens (including phenoxy) is 4. The molecule has 0 fully saturated rings. The number of hydrogen-bond donors (Lipinski definition) is 0. The first-order chi connectivity index (χ1) is 7.20. The largest absolute Gasteiger partial charge is 0.467 e. The molecular formula is C9H16O6. The maximum Gasteiger partial charge on any atom is 0.331 e. The minimum Gasteiger partial charge on any atom is -0.467 e. The summed E-state index contributed by atoms with van der Waals surface area (Å²) in [5, 5.41) is 0. The van der Waals surface area contributed by atoms with Crippen molar-refractivity contribution in [2.45, 2.75) is 6.42 Å². The van der Waals surface area contributed by atoms with Crippen LogP contribution in [-0.2, 0) is 28.5 Å². The third-order valence-corrected chi connectivity index (χ3v) is 1.47. The van der Waals surface area contributed by atoms with E-state index in [1.165, 1.54) is 14.2 Å². The van der Waals surface area contributed by atoms with Gasteiger partial charge in [0.1, 0.15) is 13.2 Å². The highest BCUT2D eigenvalue weighted by Gasteiger charge is 2.00. The molecule has 0 heterocycles. The lowest BCUT2D eigenvalue weighted by Crippen LogP contribution is -2.14. The molecule has 0 radical (unpaired) electrons. The highest BCUT2D eigenvalue weighted by Crippen LogP contribution is 1.87. The minimum atomic E-state index is -0.412. The molecule has 0 N–H and O–H groups in total. The van der Waals surface area contributed by atoms with E-state index in [0.29, 0.717) is 19.6 Å². The number of esters is 2. The summed E-state index contributed by atoms with van der Waals surface area (Å²) in [5.74, 6) is -0.823. The fourth-order valence-electron chi connectivity index (χ4n) is 0.692. The van der Waals surface area contributed by atoms with Crippen LogP contribution >= 0.6 is 0 Å². The van der Waals surface area contributed by atoms with Crippen LogP contribution in [0.25, 0.3) is 0 Å². The van der Waals surface area contributed by atoms with E-state index in [4.69, 9.17) is 9.47 Å². The molecular weight excluding hydrogens is 204 g/mol. The van der Waals surface area contributed by atoms with Crippen molar-refractivity contribution in [1.82, 2.24) is 0 Å². The average molecular weight is 220 g/mol. The maximum atomic E-state index is 10.6. The number of rotatable bonds is 8. The van der Waals surface area contributed by atoms with Gasteiger partial charge in [0.2, 0.25) is 0 Å². The maximum absolute atomic E-state index is 10.6. The van der Waals surface area contributed by atoms with E-state index in [1.54, 1.807) is 0 Å². The van der Waals surface area contributed by atoms with Crippen molar-refractivity contribution >= 4 is 11.9 Å². The van der Waals surface area contributed by atoms with Crippen LogP contribution in [0.15, 0.2) is 0 Å². The zero-order valence-corrected chi connectivity index (χ0v) is 8.99. The molecule has 0 saturated heterocycles. The predicted octanol–water partition coefficient (Wildman–Crippen LogP) is -0.244. The quantitative estimate of drug-likeness (QED) is 0.415. The second-order valence-electron chi connectivity index (χ2n) is 2.61. The Morgan fingerprint density at radius 1 is 0.867 bits per heavy atom. The van der Waals surface area contributed by atoms with E-state index < -0.39 is 11.9 Å². The molecule has 6 nitrogen and oxygen atoms in total. The van der Waals surface area contributed by atoms with Gasteiger partial charge in [0, 0.05) is 13.2 Å². The molecule has 0 atom stereocenters. The van der Waals surface area contributed by atoms with Gasteiger partial charge in [-0.05, 0) is 6.42 Å². The molecule has 6 heteroatoms. The highest BCUT2D eigenvalue weighted by atomic mass is 16.6. The molecule has 0 amide bonds. The molecule has 0 saturated carbocycles. The Morgan fingerprint density at radius 3 is 1.60 bits per heavy atom. The number of hydrogen-bond acceptors (Lipinski definition) is 6. The van der Waals surface area contributed by atoms with Crippen molar-refractivity contribution in [2.75, 3.05) is 40.6 Å².